The molecule has 2 saturated carbocycles. The van der Waals surface area contributed by atoms with Gasteiger partial charge < -0.3 is 0 Å². The van der Waals surface area contributed by atoms with Crippen LogP contribution >= 0.6 is 22.6 Å². The zero-order chi connectivity index (χ0) is 54.0. The van der Waals surface area contributed by atoms with Gasteiger partial charge in [-0.05, 0) is 186 Å². The largest absolute Gasteiger partial charge is 0.0816 e. The number of hydrogen-bond donors (Lipinski definition) is 0. The minimum Gasteiger partial charge on any atom is -0.0816 e. The number of benzene rings is 9. The third kappa shape index (κ3) is 6.92. The SMILES string of the molecule is CC1(C)c2cc(-c3c4ccccc4c(C4=CC=C5C6CCC(C7=CC8C(C=C7)c7ccc(-c9c%10ccccc%10c(-c%10ccccc%10)c%10ccccc9%10)cc7C8(C)C)C(I)C6C(C)(C)C5C4)c4ccccc34)ccc2C2C=CC=CC21. The van der Waals surface area contributed by atoms with E-state index in [1.807, 2.05) is 0 Å². The Labute approximate surface area is 487 Å². The molecule has 392 valence electrons. The summed E-state index contributed by atoms with van der Waals surface area (Å²) in [4.78, 5) is 0. The molecule has 7 aliphatic carbocycles. The van der Waals surface area contributed by atoms with E-state index in [4.69, 9.17) is 0 Å². The van der Waals surface area contributed by atoms with Crippen molar-refractivity contribution in [1.29, 1.82) is 0 Å². The van der Waals surface area contributed by atoms with E-state index in [0.29, 0.717) is 51.3 Å². The number of rotatable bonds is 5. The van der Waals surface area contributed by atoms with Crippen LogP contribution in [0.15, 0.2) is 230 Å². The molecule has 80 heavy (non-hydrogen) atoms. The number of halogens is 1. The van der Waals surface area contributed by atoms with Crippen molar-refractivity contribution >= 4 is 71.3 Å². The molecule has 0 heterocycles. The Morgan fingerprint density at radius 3 is 1.45 bits per heavy atom. The van der Waals surface area contributed by atoms with Crippen molar-refractivity contribution in [1.82, 2.24) is 0 Å². The van der Waals surface area contributed by atoms with E-state index < -0.39 is 0 Å². The molecule has 9 aromatic rings. The molecule has 0 bridgehead atoms. The molecule has 0 aromatic heterocycles. The molecular formula is C79H69I. The van der Waals surface area contributed by atoms with Crippen molar-refractivity contribution in [3.05, 3.63) is 257 Å². The second kappa shape index (κ2) is 17.8. The molecule has 0 aliphatic heterocycles. The van der Waals surface area contributed by atoms with E-state index in [1.54, 1.807) is 11.1 Å². The lowest BCUT2D eigenvalue weighted by atomic mass is 9.63. The van der Waals surface area contributed by atoms with Gasteiger partial charge in [0.05, 0.1) is 0 Å². The van der Waals surface area contributed by atoms with Gasteiger partial charge in [0.25, 0.3) is 0 Å². The van der Waals surface area contributed by atoms with E-state index >= 15 is 0 Å². The van der Waals surface area contributed by atoms with Gasteiger partial charge in [0.1, 0.15) is 0 Å². The van der Waals surface area contributed by atoms with Gasteiger partial charge in [-0.25, -0.2) is 0 Å². The summed E-state index contributed by atoms with van der Waals surface area (Å²) in [5.41, 5.74) is 20.4. The van der Waals surface area contributed by atoms with Crippen molar-refractivity contribution in [2.24, 2.45) is 40.9 Å². The highest BCUT2D eigenvalue weighted by Crippen LogP contribution is 2.66. The fourth-order valence-corrected chi connectivity index (χ4v) is 20.4. The highest BCUT2D eigenvalue weighted by molar-refractivity contribution is 14.1. The fourth-order valence-electron chi connectivity index (χ4n) is 18.2. The monoisotopic (exact) mass is 1140 g/mol. The van der Waals surface area contributed by atoms with Crippen molar-refractivity contribution in [3.8, 4) is 33.4 Å². The first-order valence-corrected chi connectivity index (χ1v) is 31.2. The maximum absolute atomic E-state index is 2.96. The zero-order valence-electron chi connectivity index (χ0n) is 47.0. The molecule has 0 nitrogen and oxygen atoms in total. The number of fused-ring (bicyclic) bond motifs is 13. The quantitative estimate of drug-likeness (QED) is 0.0915. The molecule has 7 aliphatic rings. The highest BCUT2D eigenvalue weighted by atomic mass is 127. The molecule has 0 amide bonds. The molecular weight excluding hydrogens is 1080 g/mol. The van der Waals surface area contributed by atoms with Crippen LogP contribution in [-0.2, 0) is 10.8 Å². The van der Waals surface area contributed by atoms with Gasteiger partial charge >= 0.3 is 0 Å². The van der Waals surface area contributed by atoms with Crippen LogP contribution in [0.5, 0.6) is 0 Å². The summed E-state index contributed by atoms with van der Waals surface area (Å²) in [7, 11) is 0. The van der Waals surface area contributed by atoms with E-state index in [2.05, 4.69) is 283 Å². The molecule has 9 aromatic carbocycles. The van der Waals surface area contributed by atoms with Crippen LogP contribution in [-0.4, -0.2) is 3.92 Å². The summed E-state index contributed by atoms with van der Waals surface area (Å²) in [5, 5.41) is 10.8. The molecule has 1 heteroatoms. The van der Waals surface area contributed by atoms with E-state index in [1.165, 1.54) is 123 Å². The Balaban J connectivity index is 0.707. The molecule has 16 rings (SSSR count). The second-order valence-electron chi connectivity index (χ2n) is 26.7. The minimum atomic E-state index is -0.0209. The van der Waals surface area contributed by atoms with Crippen molar-refractivity contribution in [3.63, 3.8) is 0 Å². The van der Waals surface area contributed by atoms with E-state index in [0.717, 1.165) is 6.42 Å². The van der Waals surface area contributed by atoms with Crippen LogP contribution in [0.1, 0.15) is 100 Å². The van der Waals surface area contributed by atoms with E-state index in [9.17, 15) is 0 Å². The Morgan fingerprint density at radius 1 is 0.438 bits per heavy atom. The Bertz CT molecular complexity index is 4200. The topological polar surface area (TPSA) is 0 Å². The normalized spacial score (nSPS) is 27.0. The number of allylic oxidation sites excluding steroid dienone is 12. The second-order valence-corrected chi connectivity index (χ2v) is 28.1. The van der Waals surface area contributed by atoms with Crippen LogP contribution in [0.4, 0.5) is 0 Å². The summed E-state index contributed by atoms with van der Waals surface area (Å²) in [6.45, 7) is 15.3. The molecule has 0 spiro atoms. The maximum Gasteiger partial charge on any atom is 0.0217 e. The molecule has 0 N–H and O–H groups in total. The molecule has 0 radical (unpaired) electrons. The first kappa shape index (κ1) is 49.0. The van der Waals surface area contributed by atoms with Gasteiger partial charge in [0.2, 0.25) is 0 Å². The van der Waals surface area contributed by atoms with Gasteiger partial charge in [0.15, 0.2) is 0 Å². The van der Waals surface area contributed by atoms with Crippen molar-refractivity contribution < 1.29 is 0 Å². The summed E-state index contributed by atoms with van der Waals surface area (Å²) in [6, 6.07) is 62.9. The van der Waals surface area contributed by atoms with Gasteiger partial charge in [-0.15, -0.1) is 0 Å². The van der Waals surface area contributed by atoms with Crippen molar-refractivity contribution in [2.75, 3.05) is 0 Å². The van der Waals surface area contributed by atoms with Crippen LogP contribution in [0.2, 0.25) is 0 Å². The maximum atomic E-state index is 2.96. The van der Waals surface area contributed by atoms with Crippen LogP contribution in [0.25, 0.3) is 82.0 Å². The molecule has 9 atom stereocenters. The minimum absolute atomic E-state index is 0.0209. The lowest BCUT2D eigenvalue weighted by Crippen LogP contribution is -2.41. The standard InChI is InChI=1S/C79H69I/c1-77(2)66-31-19-18-22-52(66)53-37-33-48(43-68(53)77)73-61-27-14-16-29-63(61)74(64-30-17-15-28-62(64)73)50-35-39-56-65-41-40-51(76(80)75(65)79(5,6)70(56)45-50)47-32-36-54-55-38-34-49(44-69(55)78(3,4)67(54)42-47)72-59-25-12-10-23-57(59)71(46-20-8-7-9-21-46)58-24-11-13-26-60(58)72/h7-39,42-44,51-52,54,65-67,70,75-76H,40-41,45H2,1-6H3. The average Bonchev–Trinajstić information content (AvgIpc) is 4.16. The first-order valence-electron chi connectivity index (χ1n) is 29.9. The third-order valence-corrected chi connectivity index (χ3v) is 23.6. The van der Waals surface area contributed by atoms with Gasteiger partial charge in [-0.1, -0.05) is 288 Å². The number of hydrogen-bond acceptors (Lipinski definition) is 0. The Hall–Kier alpha value is -6.81. The highest BCUT2D eigenvalue weighted by Gasteiger charge is 2.58. The van der Waals surface area contributed by atoms with Gasteiger partial charge in [-0.3, -0.25) is 0 Å². The predicted octanol–water partition coefficient (Wildman–Crippen LogP) is 21.4. The fraction of sp³-hybridized carbons (Fsp3) is 0.266. The lowest BCUT2D eigenvalue weighted by molar-refractivity contribution is 0.130. The predicted molar refractivity (Wildman–Crippen MR) is 349 cm³/mol. The average molecular weight is 1150 g/mol. The molecule has 2 fully saturated rings. The molecule has 0 saturated heterocycles. The number of alkyl halides is 1. The van der Waals surface area contributed by atoms with E-state index in [-0.39, 0.29) is 16.2 Å². The van der Waals surface area contributed by atoms with Gasteiger partial charge in [0, 0.05) is 15.8 Å². The smallest absolute Gasteiger partial charge is 0.0217 e. The lowest BCUT2D eigenvalue weighted by Gasteiger charge is -2.45. The summed E-state index contributed by atoms with van der Waals surface area (Å²) >= 11 is 2.96. The summed E-state index contributed by atoms with van der Waals surface area (Å²) in [5.74, 6) is 4.03. The molecule has 9 unspecified atom stereocenters. The Morgan fingerprint density at radius 2 is 0.900 bits per heavy atom. The van der Waals surface area contributed by atoms with Gasteiger partial charge in [-0.2, -0.15) is 0 Å². The third-order valence-electron chi connectivity index (χ3n) is 22.0. The Kier molecular flexibility index (Phi) is 10.9. The first-order chi connectivity index (χ1) is 38.9. The van der Waals surface area contributed by atoms with Crippen LogP contribution in [0, 0.1) is 40.9 Å². The van der Waals surface area contributed by atoms with Crippen LogP contribution < -0.4 is 0 Å². The summed E-state index contributed by atoms with van der Waals surface area (Å²) in [6.07, 6.45) is 26.2. The zero-order valence-corrected chi connectivity index (χ0v) is 49.1. The summed E-state index contributed by atoms with van der Waals surface area (Å²) < 4.78 is 0.553. The van der Waals surface area contributed by atoms with Crippen LogP contribution in [0.3, 0.4) is 0 Å². The van der Waals surface area contributed by atoms with Crippen molar-refractivity contribution in [2.45, 2.75) is 87.4 Å².